The van der Waals surface area contributed by atoms with Crippen LogP contribution in [0.15, 0.2) is 53.5 Å². The smallest absolute Gasteiger partial charge is 0.337 e. The van der Waals surface area contributed by atoms with Crippen molar-refractivity contribution >= 4 is 11.9 Å². The predicted octanol–water partition coefficient (Wildman–Crippen LogP) is 2.93. The fourth-order valence-corrected chi connectivity index (χ4v) is 3.43. The van der Waals surface area contributed by atoms with Gasteiger partial charge in [0, 0.05) is 26.7 Å². The Bertz CT molecular complexity index is 810. The van der Waals surface area contributed by atoms with Gasteiger partial charge in [-0.3, -0.25) is 9.89 Å². The summed E-state index contributed by atoms with van der Waals surface area (Å²) in [6, 6.07) is 16.1. The highest BCUT2D eigenvalue weighted by atomic mass is 16.5. The monoisotopic (exact) mass is 394 g/mol. The lowest BCUT2D eigenvalue weighted by Crippen LogP contribution is -2.36. The van der Waals surface area contributed by atoms with Crippen molar-refractivity contribution in [3.05, 3.63) is 70.8 Å². The zero-order valence-electron chi connectivity index (χ0n) is 17.3. The Morgan fingerprint density at radius 1 is 0.931 bits per heavy atom. The molecule has 0 radical (unpaired) electrons. The summed E-state index contributed by atoms with van der Waals surface area (Å²) in [5.41, 5.74) is 4.20. The van der Waals surface area contributed by atoms with Gasteiger partial charge in [0.1, 0.15) is 0 Å². The van der Waals surface area contributed by atoms with Gasteiger partial charge >= 0.3 is 5.97 Å². The highest BCUT2D eigenvalue weighted by Gasteiger charge is 2.11. The molecule has 2 aromatic rings. The van der Waals surface area contributed by atoms with E-state index < -0.39 is 0 Å². The summed E-state index contributed by atoms with van der Waals surface area (Å²) in [5, 5.41) is 6.64. The van der Waals surface area contributed by atoms with E-state index in [0.29, 0.717) is 18.7 Å². The molecule has 1 fully saturated rings. The number of hydrogen-bond acceptors (Lipinski definition) is 4. The second kappa shape index (κ2) is 10.6. The van der Waals surface area contributed by atoms with Crippen molar-refractivity contribution in [2.45, 2.75) is 32.5 Å². The molecule has 6 heteroatoms. The number of carbonyl (C=O) groups is 1. The molecule has 1 saturated heterocycles. The minimum absolute atomic E-state index is 0.326. The number of esters is 1. The number of aliphatic imine (C=N–C) groups is 1. The molecular formula is C23H30N4O2. The number of guanidine groups is 1. The van der Waals surface area contributed by atoms with Gasteiger partial charge in [0.2, 0.25) is 0 Å². The van der Waals surface area contributed by atoms with Gasteiger partial charge in [0.05, 0.1) is 12.7 Å². The van der Waals surface area contributed by atoms with E-state index in [9.17, 15) is 4.79 Å². The summed E-state index contributed by atoms with van der Waals surface area (Å²) < 4.78 is 4.72. The van der Waals surface area contributed by atoms with Crippen molar-refractivity contribution in [3.63, 3.8) is 0 Å². The number of benzene rings is 2. The van der Waals surface area contributed by atoms with Gasteiger partial charge in [0.25, 0.3) is 0 Å². The fourth-order valence-electron chi connectivity index (χ4n) is 3.43. The molecule has 0 bridgehead atoms. The molecule has 1 aliphatic heterocycles. The first-order valence-electron chi connectivity index (χ1n) is 10.1. The molecule has 0 aliphatic carbocycles. The quantitative estimate of drug-likeness (QED) is 0.429. The lowest BCUT2D eigenvalue weighted by molar-refractivity contribution is 0.0600. The number of ether oxygens (including phenoxy) is 1. The first-order valence-corrected chi connectivity index (χ1v) is 10.1. The van der Waals surface area contributed by atoms with Crippen molar-refractivity contribution < 1.29 is 9.53 Å². The van der Waals surface area contributed by atoms with E-state index in [-0.39, 0.29) is 5.97 Å². The Morgan fingerprint density at radius 2 is 1.45 bits per heavy atom. The molecular weight excluding hydrogens is 364 g/mol. The molecule has 29 heavy (non-hydrogen) atoms. The fraction of sp³-hybridized carbons (Fsp3) is 0.391. The number of carbonyl (C=O) groups excluding carboxylic acids is 1. The van der Waals surface area contributed by atoms with E-state index in [4.69, 9.17) is 4.74 Å². The standard InChI is InChI=1S/C23H30N4O2/c1-24-23(26-16-19-9-11-21(12-10-19)22(28)29-2)25-15-18-5-7-20(8-6-18)17-27-13-3-4-14-27/h5-12H,3-4,13-17H2,1-2H3,(H2,24,25,26). The molecule has 0 unspecified atom stereocenters. The van der Waals surface area contributed by atoms with Crippen molar-refractivity contribution in [2.75, 3.05) is 27.2 Å². The molecule has 6 nitrogen and oxygen atoms in total. The third-order valence-corrected chi connectivity index (χ3v) is 5.15. The molecule has 0 saturated carbocycles. The van der Waals surface area contributed by atoms with Gasteiger partial charge in [-0.1, -0.05) is 36.4 Å². The van der Waals surface area contributed by atoms with Crippen LogP contribution in [-0.2, 0) is 24.4 Å². The summed E-state index contributed by atoms with van der Waals surface area (Å²) in [6.07, 6.45) is 2.65. The minimum Gasteiger partial charge on any atom is -0.465 e. The van der Waals surface area contributed by atoms with E-state index in [1.807, 2.05) is 12.1 Å². The topological polar surface area (TPSA) is 66.0 Å². The van der Waals surface area contributed by atoms with Gasteiger partial charge in [-0.2, -0.15) is 0 Å². The molecule has 0 atom stereocenters. The average Bonchev–Trinajstić information content (AvgIpc) is 3.28. The molecule has 154 valence electrons. The van der Waals surface area contributed by atoms with Crippen LogP contribution < -0.4 is 10.6 Å². The second-order valence-corrected chi connectivity index (χ2v) is 7.27. The van der Waals surface area contributed by atoms with Gasteiger partial charge in [-0.25, -0.2) is 4.79 Å². The highest BCUT2D eigenvalue weighted by molar-refractivity contribution is 5.89. The number of nitrogens with one attached hydrogen (secondary N) is 2. The molecule has 0 spiro atoms. The summed E-state index contributed by atoms with van der Waals surface area (Å²) >= 11 is 0. The van der Waals surface area contributed by atoms with Crippen LogP contribution >= 0.6 is 0 Å². The SMILES string of the molecule is CN=C(NCc1ccc(CN2CCCC2)cc1)NCc1ccc(C(=O)OC)cc1. The lowest BCUT2D eigenvalue weighted by atomic mass is 10.1. The number of nitrogens with zero attached hydrogens (tertiary/aromatic N) is 2. The van der Waals surface area contributed by atoms with Crippen LogP contribution in [0, 0.1) is 0 Å². The van der Waals surface area contributed by atoms with E-state index in [2.05, 4.69) is 44.8 Å². The van der Waals surface area contributed by atoms with Crippen molar-refractivity contribution in [1.82, 2.24) is 15.5 Å². The molecule has 3 rings (SSSR count). The summed E-state index contributed by atoms with van der Waals surface area (Å²) in [7, 11) is 3.14. The maximum Gasteiger partial charge on any atom is 0.337 e. The van der Waals surface area contributed by atoms with Crippen molar-refractivity contribution in [2.24, 2.45) is 4.99 Å². The van der Waals surface area contributed by atoms with Gasteiger partial charge in [-0.15, -0.1) is 0 Å². The maximum atomic E-state index is 11.5. The van der Waals surface area contributed by atoms with Crippen LogP contribution in [0.5, 0.6) is 0 Å². The molecule has 1 aliphatic rings. The number of methoxy groups -OCH3 is 1. The zero-order chi connectivity index (χ0) is 20.5. The minimum atomic E-state index is -0.326. The van der Waals surface area contributed by atoms with Crippen LogP contribution in [0.25, 0.3) is 0 Å². The summed E-state index contributed by atoms with van der Waals surface area (Å²) in [4.78, 5) is 18.3. The first kappa shape index (κ1) is 20.9. The maximum absolute atomic E-state index is 11.5. The van der Waals surface area contributed by atoms with Crippen LogP contribution in [0.4, 0.5) is 0 Å². The molecule has 0 aromatic heterocycles. The second-order valence-electron chi connectivity index (χ2n) is 7.27. The van der Waals surface area contributed by atoms with E-state index in [1.165, 1.54) is 44.2 Å². The lowest BCUT2D eigenvalue weighted by Gasteiger charge is -2.15. The summed E-state index contributed by atoms with van der Waals surface area (Å²) in [5.74, 6) is 0.414. The number of likely N-dealkylation sites (tertiary alicyclic amines) is 1. The summed E-state index contributed by atoms with van der Waals surface area (Å²) in [6.45, 7) is 4.82. The number of rotatable bonds is 7. The Labute approximate surface area is 173 Å². The molecule has 1 heterocycles. The van der Waals surface area contributed by atoms with Crippen LogP contribution in [0.3, 0.4) is 0 Å². The van der Waals surface area contributed by atoms with Crippen LogP contribution in [0.1, 0.15) is 39.9 Å². The third kappa shape index (κ3) is 6.32. The molecule has 2 N–H and O–H groups in total. The van der Waals surface area contributed by atoms with E-state index in [0.717, 1.165) is 18.1 Å². The van der Waals surface area contributed by atoms with Crippen molar-refractivity contribution in [1.29, 1.82) is 0 Å². The Hall–Kier alpha value is -2.86. The van der Waals surface area contributed by atoms with Gasteiger partial charge in [-0.05, 0) is 54.8 Å². The zero-order valence-corrected chi connectivity index (χ0v) is 17.3. The molecule has 0 amide bonds. The van der Waals surface area contributed by atoms with Gasteiger partial charge < -0.3 is 15.4 Å². The highest BCUT2D eigenvalue weighted by Crippen LogP contribution is 2.13. The Kier molecular flexibility index (Phi) is 7.64. The Morgan fingerprint density at radius 3 is 1.97 bits per heavy atom. The van der Waals surface area contributed by atoms with E-state index in [1.54, 1.807) is 19.2 Å². The normalized spacial score (nSPS) is 14.6. The number of hydrogen-bond donors (Lipinski definition) is 2. The van der Waals surface area contributed by atoms with Gasteiger partial charge in [0.15, 0.2) is 5.96 Å². The Balaban J connectivity index is 1.44. The third-order valence-electron chi connectivity index (χ3n) is 5.15. The predicted molar refractivity (Wildman–Crippen MR) is 116 cm³/mol. The average molecular weight is 395 g/mol. The van der Waals surface area contributed by atoms with Crippen LogP contribution in [-0.4, -0.2) is 44.1 Å². The van der Waals surface area contributed by atoms with E-state index >= 15 is 0 Å². The molecule has 2 aromatic carbocycles. The van der Waals surface area contributed by atoms with Crippen molar-refractivity contribution in [3.8, 4) is 0 Å². The first-order chi connectivity index (χ1) is 14.2. The van der Waals surface area contributed by atoms with Crippen LogP contribution in [0.2, 0.25) is 0 Å². The largest absolute Gasteiger partial charge is 0.465 e.